The quantitative estimate of drug-likeness (QED) is 0.270. The molecule has 45 heavy (non-hydrogen) atoms. The minimum Gasteiger partial charge on any atom is -0.496 e. The number of likely N-dealkylation sites (tertiary alicyclic amines) is 1. The molecule has 0 radical (unpaired) electrons. The van der Waals surface area contributed by atoms with Crippen molar-refractivity contribution in [2.24, 2.45) is 5.41 Å². The molecular weight excluding hydrogens is 582 g/mol. The molecule has 3 aromatic rings. The Bertz CT molecular complexity index is 1600. The van der Waals surface area contributed by atoms with Crippen molar-refractivity contribution in [1.82, 2.24) is 14.5 Å². The van der Waals surface area contributed by atoms with E-state index in [0.717, 1.165) is 27.6 Å². The molecule has 1 saturated carbocycles. The average molecular weight is 627 g/mol. The Morgan fingerprint density at radius 3 is 2.47 bits per heavy atom. The van der Waals surface area contributed by atoms with Crippen LogP contribution in [0.3, 0.4) is 0 Å². The smallest absolute Gasteiger partial charge is 0.419 e. The number of fused-ring (bicyclic) bond motifs is 1. The standard InChI is InChI=1S/C34H44F2N4O5/c1-20(2)37-29-23(9-10-25(38-29)30(41)44-8)26-16-33(18-34(35,36)19-33)12-14-39(26)17-24-22-11-13-40(31(42)45-32(4,5)6)28(22)21(3)15-27(24)43-7/h9-11,13,15,20,26H,12,14,16-19H2,1-8H3,(H,37,38)/t26-/m1/s1. The fourth-order valence-electron chi connectivity index (χ4n) is 6.96. The summed E-state index contributed by atoms with van der Waals surface area (Å²) in [7, 11) is 2.93. The van der Waals surface area contributed by atoms with Gasteiger partial charge in [0.25, 0.3) is 0 Å². The second kappa shape index (κ2) is 11.9. The summed E-state index contributed by atoms with van der Waals surface area (Å²) in [4.78, 5) is 32.4. The summed E-state index contributed by atoms with van der Waals surface area (Å²) < 4.78 is 46.6. The van der Waals surface area contributed by atoms with E-state index in [1.165, 1.54) is 11.7 Å². The maximum Gasteiger partial charge on any atom is 0.419 e. The van der Waals surface area contributed by atoms with Crippen LogP contribution < -0.4 is 10.1 Å². The van der Waals surface area contributed by atoms with Crippen LogP contribution in [0, 0.1) is 12.3 Å². The van der Waals surface area contributed by atoms with Crippen molar-refractivity contribution < 1.29 is 32.6 Å². The highest BCUT2D eigenvalue weighted by atomic mass is 19.3. The minimum atomic E-state index is -2.66. The number of aromatic nitrogens is 2. The number of rotatable bonds is 7. The Balaban J connectivity index is 1.59. The summed E-state index contributed by atoms with van der Waals surface area (Å²) in [6.45, 7) is 12.4. The summed E-state index contributed by atoms with van der Waals surface area (Å²) in [5.74, 6) is -2.00. The van der Waals surface area contributed by atoms with Crippen LogP contribution in [-0.4, -0.2) is 64.8 Å². The fourth-order valence-corrected chi connectivity index (χ4v) is 6.96. The van der Waals surface area contributed by atoms with Gasteiger partial charge in [0.05, 0.1) is 19.7 Å². The molecule has 244 valence electrons. The molecule has 2 aromatic heterocycles. The van der Waals surface area contributed by atoms with Crippen molar-refractivity contribution in [1.29, 1.82) is 0 Å². The molecular formula is C34H44F2N4O5. The van der Waals surface area contributed by atoms with Crippen molar-refractivity contribution in [3.05, 3.63) is 52.8 Å². The van der Waals surface area contributed by atoms with E-state index in [2.05, 4.69) is 15.2 Å². The number of alkyl halides is 2. The summed E-state index contributed by atoms with van der Waals surface area (Å²) >= 11 is 0. The van der Waals surface area contributed by atoms with Gasteiger partial charge in [-0.3, -0.25) is 9.47 Å². The summed E-state index contributed by atoms with van der Waals surface area (Å²) in [6.07, 6.45) is 2.12. The molecule has 1 spiro atoms. The maximum atomic E-state index is 14.3. The van der Waals surface area contributed by atoms with Crippen LogP contribution in [0.15, 0.2) is 30.5 Å². The van der Waals surface area contributed by atoms with E-state index in [4.69, 9.17) is 14.2 Å². The number of esters is 1. The van der Waals surface area contributed by atoms with Crippen LogP contribution in [0.25, 0.3) is 10.9 Å². The zero-order valence-corrected chi connectivity index (χ0v) is 27.4. The number of hydrogen-bond acceptors (Lipinski definition) is 8. The van der Waals surface area contributed by atoms with Crippen LogP contribution in [0.4, 0.5) is 19.4 Å². The number of benzene rings is 1. The highest BCUT2D eigenvalue weighted by Crippen LogP contribution is 2.61. The molecule has 0 amide bonds. The van der Waals surface area contributed by atoms with Crippen molar-refractivity contribution in [3.63, 3.8) is 0 Å². The number of aryl methyl sites for hydroxylation is 1. The molecule has 11 heteroatoms. The number of hydrogen-bond donors (Lipinski definition) is 1. The molecule has 1 aliphatic heterocycles. The Hall–Kier alpha value is -3.73. The van der Waals surface area contributed by atoms with Crippen LogP contribution in [0.1, 0.15) is 93.5 Å². The fraction of sp³-hybridized carbons (Fsp3) is 0.559. The lowest BCUT2D eigenvalue weighted by molar-refractivity contribution is -0.186. The van der Waals surface area contributed by atoms with Crippen molar-refractivity contribution in [3.8, 4) is 5.75 Å². The molecule has 1 aromatic carbocycles. The van der Waals surface area contributed by atoms with Crippen LogP contribution >= 0.6 is 0 Å². The van der Waals surface area contributed by atoms with Gasteiger partial charge in [-0.1, -0.05) is 6.07 Å². The van der Waals surface area contributed by atoms with Gasteiger partial charge in [-0.15, -0.1) is 0 Å². The molecule has 9 nitrogen and oxygen atoms in total. The molecule has 1 aliphatic carbocycles. The molecule has 5 rings (SSSR count). The summed E-state index contributed by atoms with van der Waals surface area (Å²) in [5, 5.41) is 4.23. The van der Waals surface area contributed by atoms with Crippen LogP contribution in [0.2, 0.25) is 0 Å². The van der Waals surface area contributed by atoms with Gasteiger partial charge < -0.3 is 19.5 Å². The number of nitrogens with zero attached hydrogens (tertiary/aromatic N) is 3. The van der Waals surface area contributed by atoms with E-state index in [1.807, 2.05) is 59.7 Å². The van der Waals surface area contributed by atoms with Gasteiger partial charge in [-0.2, -0.15) is 0 Å². The van der Waals surface area contributed by atoms with Crippen LogP contribution in [0.5, 0.6) is 5.75 Å². The highest BCUT2D eigenvalue weighted by Gasteiger charge is 2.58. The summed E-state index contributed by atoms with van der Waals surface area (Å²) in [5.41, 5.74) is 2.34. The van der Waals surface area contributed by atoms with Crippen molar-refractivity contribution >= 4 is 28.8 Å². The predicted molar refractivity (Wildman–Crippen MR) is 168 cm³/mol. The van der Waals surface area contributed by atoms with E-state index < -0.39 is 29.0 Å². The number of anilines is 1. The first kappa shape index (κ1) is 32.7. The molecule has 1 atom stereocenters. The molecule has 2 fully saturated rings. The Morgan fingerprint density at radius 2 is 1.87 bits per heavy atom. The van der Waals surface area contributed by atoms with Gasteiger partial charge in [0.1, 0.15) is 17.2 Å². The van der Waals surface area contributed by atoms with Crippen LogP contribution in [-0.2, 0) is 16.0 Å². The number of ether oxygens (including phenoxy) is 3. The predicted octanol–water partition coefficient (Wildman–Crippen LogP) is 7.50. The van der Waals surface area contributed by atoms with E-state index in [-0.39, 0.29) is 30.6 Å². The first-order valence-electron chi connectivity index (χ1n) is 15.4. The molecule has 1 saturated heterocycles. The van der Waals surface area contributed by atoms with E-state index >= 15 is 0 Å². The third-order valence-electron chi connectivity index (χ3n) is 8.77. The second-order valence-corrected chi connectivity index (χ2v) is 13.9. The molecule has 0 bridgehead atoms. The van der Waals surface area contributed by atoms with Gasteiger partial charge in [0.2, 0.25) is 5.92 Å². The SMILES string of the molecule is COC(=O)c1ccc([C@H]2CC3(CCN2Cc2c(OC)cc(C)c4c2ccn4C(=O)OC(C)(C)C)CC(F)(F)C3)c(NC(C)C)n1. The first-order valence-corrected chi connectivity index (χ1v) is 15.4. The largest absolute Gasteiger partial charge is 0.496 e. The second-order valence-electron chi connectivity index (χ2n) is 13.9. The number of pyridine rings is 1. The topological polar surface area (TPSA) is 94.9 Å². The normalized spacial score (nSPS) is 19.4. The van der Waals surface area contributed by atoms with Gasteiger partial charge in [0.15, 0.2) is 5.69 Å². The zero-order valence-electron chi connectivity index (χ0n) is 27.4. The Morgan fingerprint density at radius 1 is 1.16 bits per heavy atom. The van der Waals surface area contributed by atoms with Gasteiger partial charge in [-0.25, -0.2) is 23.4 Å². The lowest BCUT2D eigenvalue weighted by atomic mass is 9.59. The summed E-state index contributed by atoms with van der Waals surface area (Å²) in [6, 6.07) is 7.04. The zero-order chi connectivity index (χ0) is 32.9. The maximum absolute atomic E-state index is 14.3. The third kappa shape index (κ3) is 6.64. The lowest BCUT2D eigenvalue weighted by Crippen LogP contribution is -2.53. The third-order valence-corrected chi connectivity index (χ3v) is 8.77. The molecule has 1 N–H and O–H groups in total. The van der Waals surface area contributed by atoms with E-state index in [9.17, 15) is 18.4 Å². The van der Waals surface area contributed by atoms with Gasteiger partial charge >= 0.3 is 12.1 Å². The Labute approximate surface area is 263 Å². The monoisotopic (exact) mass is 626 g/mol. The molecule has 3 heterocycles. The van der Waals surface area contributed by atoms with Crippen molar-refractivity contribution in [2.75, 3.05) is 26.1 Å². The number of halogens is 2. The first-order chi connectivity index (χ1) is 21.0. The van der Waals surface area contributed by atoms with E-state index in [1.54, 1.807) is 19.4 Å². The van der Waals surface area contributed by atoms with E-state index in [0.29, 0.717) is 37.5 Å². The Kier molecular flexibility index (Phi) is 8.63. The van der Waals surface area contributed by atoms with Gasteiger partial charge in [-0.05, 0) is 90.1 Å². The van der Waals surface area contributed by atoms with Crippen molar-refractivity contribution in [2.45, 2.75) is 97.4 Å². The molecule has 2 aliphatic rings. The highest BCUT2D eigenvalue weighted by molar-refractivity contribution is 5.95. The van der Waals surface area contributed by atoms with Gasteiger partial charge in [0, 0.05) is 54.2 Å². The molecule has 0 unspecified atom stereocenters. The minimum absolute atomic E-state index is 0.00706. The number of nitrogens with one attached hydrogen (secondary N) is 1. The number of piperidine rings is 1. The number of carbonyl (C=O) groups is 2. The number of methoxy groups -OCH3 is 2. The average Bonchev–Trinajstić information content (AvgIpc) is 3.39. The number of carbonyl (C=O) groups excluding carboxylic acids is 2. The lowest BCUT2D eigenvalue weighted by Gasteiger charge is -2.55.